The molecule has 5 rings (SSSR count). The molecule has 0 unspecified atom stereocenters. The van der Waals surface area contributed by atoms with Gasteiger partial charge in [-0.25, -0.2) is 0 Å². The molecule has 2 aliphatic rings. The van der Waals surface area contributed by atoms with Crippen LogP contribution in [0.3, 0.4) is 0 Å². The topological polar surface area (TPSA) is 25.6 Å². The predicted octanol–water partition coefficient (Wildman–Crippen LogP) is 5.85. The van der Waals surface area contributed by atoms with Crippen molar-refractivity contribution in [3.63, 3.8) is 0 Å². The fraction of sp³-hybridized carbons (Fsp3) is 0.200. The lowest BCUT2D eigenvalue weighted by atomic mass is 10.0. The molecule has 1 aromatic heterocycles. The lowest BCUT2D eigenvalue weighted by Gasteiger charge is -2.32. The van der Waals surface area contributed by atoms with Crippen LogP contribution in [0.1, 0.15) is 17.7 Å². The first kappa shape index (κ1) is 14.1. The first-order valence-electron chi connectivity index (χ1n) is 8.23. The highest BCUT2D eigenvalue weighted by atomic mass is 32.2. The average Bonchev–Trinajstić information content (AvgIpc) is 2.99. The third-order valence-corrected chi connectivity index (χ3v) is 5.56. The van der Waals surface area contributed by atoms with E-state index in [2.05, 4.69) is 53.4 Å². The second-order valence-electron chi connectivity index (χ2n) is 6.15. The molecule has 0 fully saturated rings. The molecule has 0 spiro atoms. The zero-order chi connectivity index (χ0) is 16.1. The van der Waals surface area contributed by atoms with Crippen LogP contribution in [0.15, 0.2) is 62.7 Å². The summed E-state index contributed by atoms with van der Waals surface area (Å²) in [6.07, 6.45) is 2.14. The molecule has 0 N–H and O–H groups in total. The van der Waals surface area contributed by atoms with Gasteiger partial charge in [0.05, 0.1) is 22.9 Å². The van der Waals surface area contributed by atoms with Crippen LogP contribution in [0, 0.1) is 6.92 Å². The van der Waals surface area contributed by atoms with E-state index in [0.29, 0.717) is 0 Å². The Balaban J connectivity index is 1.77. The zero-order valence-corrected chi connectivity index (χ0v) is 14.2. The molecule has 3 aromatic rings. The summed E-state index contributed by atoms with van der Waals surface area (Å²) in [5, 5.41) is 0. The molecule has 2 aliphatic heterocycles. The van der Waals surface area contributed by atoms with Gasteiger partial charge < -0.3 is 9.15 Å². The van der Waals surface area contributed by atoms with Crippen LogP contribution in [-0.4, -0.2) is 6.61 Å². The van der Waals surface area contributed by atoms with Gasteiger partial charge in [0.25, 0.3) is 0 Å². The van der Waals surface area contributed by atoms with Crippen LogP contribution in [0.5, 0.6) is 5.75 Å². The Morgan fingerprint density at radius 2 is 1.88 bits per heavy atom. The monoisotopic (exact) mass is 335 g/mol. The molecule has 24 heavy (non-hydrogen) atoms. The Bertz CT molecular complexity index is 931. The van der Waals surface area contributed by atoms with Gasteiger partial charge in [0.1, 0.15) is 11.5 Å². The highest BCUT2D eigenvalue weighted by Gasteiger charge is 2.31. The average molecular weight is 335 g/mol. The standard InChI is InChI=1S/C20H17NO2S/c1-13-12-18-20(23-13)21(15-8-2-3-10-17(15)24-18)16-9-4-6-14-7-5-11-22-19(14)16/h2-4,6,8-10,12H,5,7,11H2,1H3. The second-order valence-corrected chi connectivity index (χ2v) is 7.23. The smallest absolute Gasteiger partial charge is 0.218 e. The Kier molecular flexibility index (Phi) is 3.13. The number of fused-ring (bicyclic) bond motifs is 3. The number of anilines is 3. The minimum absolute atomic E-state index is 0.776. The molecule has 0 radical (unpaired) electrons. The van der Waals surface area contributed by atoms with Gasteiger partial charge in [-0.15, -0.1) is 0 Å². The first-order chi connectivity index (χ1) is 11.8. The zero-order valence-electron chi connectivity index (χ0n) is 13.4. The molecule has 2 aromatic carbocycles. The van der Waals surface area contributed by atoms with Crippen LogP contribution in [0.2, 0.25) is 0 Å². The van der Waals surface area contributed by atoms with Gasteiger partial charge in [-0.1, -0.05) is 36.0 Å². The summed E-state index contributed by atoms with van der Waals surface area (Å²) in [7, 11) is 0. The fourth-order valence-electron chi connectivity index (χ4n) is 3.45. The first-order valence-corrected chi connectivity index (χ1v) is 9.05. The highest BCUT2D eigenvalue weighted by Crippen LogP contribution is 2.54. The Morgan fingerprint density at radius 3 is 2.83 bits per heavy atom. The SMILES string of the molecule is Cc1cc2c(o1)N(c1cccc3c1OCCC3)c1ccccc1S2. The summed E-state index contributed by atoms with van der Waals surface area (Å²) in [5.41, 5.74) is 3.49. The minimum atomic E-state index is 0.776. The number of aryl methyl sites for hydroxylation is 2. The van der Waals surface area contributed by atoms with Crippen LogP contribution in [-0.2, 0) is 6.42 Å². The van der Waals surface area contributed by atoms with E-state index in [-0.39, 0.29) is 0 Å². The van der Waals surface area contributed by atoms with Gasteiger partial charge in [0, 0.05) is 4.90 Å². The molecule has 0 bridgehead atoms. The van der Waals surface area contributed by atoms with Crippen molar-refractivity contribution in [1.29, 1.82) is 0 Å². The lowest BCUT2D eigenvalue weighted by Crippen LogP contribution is -2.17. The normalized spacial score (nSPS) is 15.3. The second kappa shape index (κ2) is 5.35. The van der Waals surface area contributed by atoms with Gasteiger partial charge in [-0.05, 0) is 49.6 Å². The van der Waals surface area contributed by atoms with E-state index in [9.17, 15) is 0 Å². The van der Waals surface area contributed by atoms with Crippen LogP contribution < -0.4 is 9.64 Å². The van der Waals surface area contributed by atoms with Gasteiger partial charge in [-0.2, -0.15) is 0 Å². The number of hydrogen-bond acceptors (Lipinski definition) is 4. The molecule has 0 saturated heterocycles. The summed E-state index contributed by atoms with van der Waals surface area (Å²) in [5.74, 6) is 2.81. The molecular formula is C20H17NO2S. The molecule has 3 heterocycles. The fourth-order valence-corrected chi connectivity index (χ4v) is 4.54. The maximum atomic E-state index is 6.07. The molecule has 3 nitrogen and oxygen atoms in total. The van der Waals surface area contributed by atoms with Crippen molar-refractivity contribution >= 4 is 29.0 Å². The summed E-state index contributed by atoms with van der Waals surface area (Å²) in [4.78, 5) is 4.59. The molecule has 120 valence electrons. The Hall–Kier alpha value is -2.33. The van der Waals surface area contributed by atoms with Gasteiger partial charge in [-0.3, -0.25) is 4.90 Å². The van der Waals surface area contributed by atoms with Crippen molar-refractivity contribution in [2.75, 3.05) is 11.5 Å². The van der Waals surface area contributed by atoms with Crippen molar-refractivity contribution in [3.8, 4) is 5.75 Å². The molecule has 0 atom stereocenters. The van der Waals surface area contributed by atoms with E-state index >= 15 is 0 Å². The van der Waals surface area contributed by atoms with Crippen molar-refractivity contribution < 1.29 is 9.15 Å². The molecule has 4 heteroatoms. The van der Waals surface area contributed by atoms with Crippen LogP contribution >= 0.6 is 11.8 Å². The summed E-state index contributed by atoms with van der Waals surface area (Å²) >= 11 is 1.76. The van der Waals surface area contributed by atoms with E-state index in [0.717, 1.165) is 53.1 Å². The number of nitrogens with zero attached hydrogens (tertiary/aromatic N) is 1. The largest absolute Gasteiger partial charge is 0.491 e. The number of para-hydroxylation sites is 2. The van der Waals surface area contributed by atoms with Crippen molar-refractivity contribution in [1.82, 2.24) is 0 Å². The number of furan rings is 1. The Morgan fingerprint density at radius 1 is 1.00 bits per heavy atom. The van der Waals surface area contributed by atoms with Crippen molar-refractivity contribution in [2.24, 2.45) is 0 Å². The van der Waals surface area contributed by atoms with Crippen molar-refractivity contribution in [2.45, 2.75) is 29.6 Å². The summed E-state index contributed by atoms with van der Waals surface area (Å²) in [6.45, 7) is 2.77. The number of benzene rings is 2. The maximum Gasteiger partial charge on any atom is 0.218 e. The molecule has 0 aliphatic carbocycles. The van der Waals surface area contributed by atoms with E-state index < -0.39 is 0 Å². The maximum absolute atomic E-state index is 6.07. The third-order valence-electron chi connectivity index (χ3n) is 4.49. The highest BCUT2D eigenvalue weighted by molar-refractivity contribution is 7.99. The van der Waals surface area contributed by atoms with Gasteiger partial charge in [0.2, 0.25) is 5.88 Å². The number of ether oxygens (including phenoxy) is 1. The quantitative estimate of drug-likeness (QED) is 0.436. The van der Waals surface area contributed by atoms with E-state index in [1.807, 2.05) is 6.92 Å². The van der Waals surface area contributed by atoms with Crippen molar-refractivity contribution in [3.05, 3.63) is 59.9 Å². The summed E-state index contributed by atoms with van der Waals surface area (Å²) < 4.78 is 12.1. The van der Waals surface area contributed by atoms with E-state index in [1.54, 1.807) is 11.8 Å². The lowest BCUT2D eigenvalue weighted by molar-refractivity contribution is 0.289. The minimum Gasteiger partial charge on any atom is -0.491 e. The third kappa shape index (κ3) is 2.06. The van der Waals surface area contributed by atoms with Gasteiger partial charge >= 0.3 is 0 Å². The number of hydrogen-bond donors (Lipinski definition) is 0. The van der Waals surface area contributed by atoms with E-state index in [1.165, 1.54) is 10.5 Å². The van der Waals surface area contributed by atoms with E-state index in [4.69, 9.17) is 9.15 Å². The molecular weight excluding hydrogens is 318 g/mol. The summed E-state index contributed by atoms with van der Waals surface area (Å²) in [6, 6.07) is 17.0. The van der Waals surface area contributed by atoms with Crippen LogP contribution in [0.4, 0.5) is 17.3 Å². The predicted molar refractivity (Wildman–Crippen MR) is 96.1 cm³/mol. The number of rotatable bonds is 1. The van der Waals surface area contributed by atoms with Crippen LogP contribution in [0.25, 0.3) is 0 Å². The van der Waals surface area contributed by atoms with Gasteiger partial charge in [0.15, 0.2) is 0 Å². The molecule has 0 saturated carbocycles. The Labute approximate surface area is 145 Å². The molecule has 0 amide bonds.